The summed E-state index contributed by atoms with van der Waals surface area (Å²) in [5.74, 6) is -0.426. The highest BCUT2D eigenvalue weighted by Crippen LogP contribution is 2.37. The minimum absolute atomic E-state index is 0.287. The van der Waals surface area contributed by atoms with Crippen LogP contribution in [0.15, 0.2) is 65.6 Å². The van der Waals surface area contributed by atoms with Gasteiger partial charge >= 0.3 is 0 Å². The van der Waals surface area contributed by atoms with Gasteiger partial charge in [-0.3, -0.25) is 14.5 Å². The second-order valence-corrected chi connectivity index (χ2v) is 9.88. The number of nitrogens with one attached hydrogen (secondary N) is 1. The first-order valence-corrected chi connectivity index (χ1v) is 12.3. The highest BCUT2D eigenvalue weighted by molar-refractivity contribution is 8.27. The van der Waals surface area contributed by atoms with E-state index in [0.29, 0.717) is 47.7 Å². The Morgan fingerprint density at radius 3 is 2.56 bits per heavy atom. The summed E-state index contributed by atoms with van der Waals surface area (Å²) in [5, 5.41) is 3.42. The molecule has 11 heteroatoms. The Bertz CT molecular complexity index is 1380. The zero-order chi connectivity index (χ0) is 25.8. The molecule has 6 nitrogen and oxygen atoms in total. The number of nitrogens with zero attached hydrogens (tertiary/aromatic N) is 1. The van der Waals surface area contributed by atoms with Crippen molar-refractivity contribution in [3.63, 3.8) is 0 Å². The van der Waals surface area contributed by atoms with Crippen LogP contribution < -0.4 is 19.7 Å². The van der Waals surface area contributed by atoms with E-state index in [-0.39, 0.29) is 12.5 Å². The number of carbonyl (C=O) groups excluding carboxylic acids is 2. The normalized spacial score (nSPS) is 14.3. The molecule has 1 heterocycles. The molecule has 1 saturated heterocycles. The Kier molecular flexibility index (Phi) is 8.15. The van der Waals surface area contributed by atoms with Crippen molar-refractivity contribution >= 4 is 80.8 Å². The van der Waals surface area contributed by atoms with Gasteiger partial charge in [-0.25, -0.2) is 4.39 Å². The van der Waals surface area contributed by atoms with Gasteiger partial charge in [0, 0.05) is 5.02 Å². The minimum Gasteiger partial charge on any atom is -0.493 e. The number of hydrogen-bond donors (Lipinski definition) is 1. The van der Waals surface area contributed by atoms with Crippen LogP contribution in [-0.4, -0.2) is 29.9 Å². The molecule has 3 aromatic rings. The zero-order valence-corrected chi connectivity index (χ0v) is 21.7. The van der Waals surface area contributed by atoms with E-state index in [4.69, 9.17) is 44.9 Å². The summed E-state index contributed by atoms with van der Waals surface area (Å²) in [6.07, 6.45) is 1.67. The van der Waals surface area contributed by atoms with E-state index in [9.17, 15) is 14.0 Å². The smallest absolute Gasteiger partial charge is 0.270 e. The molecule has 4 rings (SSSR count). The van der Waals surface area contributed by atoms with Crippen molar-refractivity contribution in [3.8, 4) is 11.5 Å². The number of rotatable bonds is 7. The number of anilines is 2. The Morgan fingerprint density at radius 1 is 1.11 bits per heavy atom. The van der Waals surface area contributed by atoms with Crippen molar-refractivity contribution in [3.05, 3.63) is 87.0 Å². The number of amides is 2. The number of thioether (sulfide) groups is 1. The van der Waals surface area contributed by atoms with Gasteiger partial charge in [0.1, 0.15) is 5.82 Å². The summed E-state index contributed by atoms with van der Waals surface area (Å²) in [6.45, 7) is -0.287. The van der Waals surface area contributed by atoms with Gasteiger partial charge in [0.15, 0.2) is 22.4 Å². The summed E-state index contributed by atoms with van der Waals surface area (Å²) in [4.78, 5) is 27.0. The van der Waals surface area contributed by atoms with Gasteiger partial charge < -0.3 is 14.8 Å². The van der Waals surface area contributed by atoms with Crippen LogP contribution >= 0.6 is 47.2 Å². The third kappa shape index (κ3) is 5.99. The minimum atomic E-state index is -0.421. The van der Waals surface area contributed by atoms with Crippen molar-refractivity contribution < 1.29 is 23.5 Å². The molecule has 0 aromatic heterocycles. The van der Waals surface area contributed by atoms with Gasteiger partial charge in [-0.15, -0.1) is 0 Å². The molecule has 1 fully saturated rings. The number of hydrogen-bond acceptors (Lipinski definition) is 6. The monoisotopic (exact) mass is 562 g/mol. The first-order chi connectivity index (χ1) is 17.2. The molecule has 0 bridgehead atoms. The van der Waals surface area contributed by atoms with Crippen LogP contribution in [0.1, 0.15) is 5.56 Å². The first-order valence-electron chi connectivity index (χ1n) is 10.3. The maximum Gasteiger partial charge on any atom is 0.270 e. The lowest BCUT2D eigenvalue weighted by atomic mass is 10.2. The van der Waals surface area contributed by atoms with E-state index in [1.165, 1.54) is 42.3 Å². The Morgan fingerprint density at radius 2 is 1.86 bits per heavy atom. The molecule has 1 aliphatic heterocycles. The SMILES string of the molecule is COc1cc(/C=C2\SC(=S)N(c3ccc(F)cc3)C2=O)ccc1OCC(=O)Nc1ccc(Cl)cc1Cl. The lowest BCUT2D eigenvalue weighted by molar-refractivity contribution is -0.118. The average molecular weight is 563 g/mol. The fourth-order valence-corrected chi connectivity index (χ4v) is 5.00. The van der Waals surface area contributed by atoms with Crippen LogP contribution in [0.3, 0.4) is 0 Å². The van der Waals surface area contributed by atoms with Crippen molar-refractivity contribution in [2.75, 3.05) is 23.9 Å². The van der Waals surface area contributed by atoms with E-state index in [1.54, 1.807) is 36.4 Å². The fraction of sp³-hybridized carbons (Fsp3) is 0.0800. The lowest BCUT2D eigenvalue weighted by Crippen LogP contribution is -2.27. The summed E-state index contributed by atoms with van der Waals surface area (Å²) in [6, 6.07) is 15.3. The van der Waals surface area contributed by atoms with Gasteiger partial charge in [0.2, 0.25) is 0 Å². The van der Waals surface area contributed by atoms with Crippen molar-refractivity contribution in [2.45, 2.75) is 0 Å². The van der Waals surface area contributed by atoms with Crippen molar-refractivity contribution in [1.29, 1.82) is 0 Å². The number of benzene rings is 3. The molecule has 0 aliphatic carbocycles. The van der Waals surface area contributed by atoms with Crippen LogP contribution in [0.5, 0.6) is 11.5 Å². The highest BCUT2D eigenvalue weighted by atomic mass is 35.5. The third-order valence-corrected chi connectivity index (χ3v) is 6.78. The van der Waals surface area contributed by atoms with E-state index in [0.717, 1.165) is 11.8 Å². The van der Waals surface area contributed by atoms with E-state index >= 15 is 0 Å². The van der Waals surface area contributed by atoms with Crippen molar-refractivity contribution in [1.82, 2.24) is 0 Å². The number of ether oxygens (including phenoxy) is 2. The summed E-state index contributed by atoms with van der Waals surface area (Å²) >= 11 is 18.4. The Hall–Kier alpha value is -3.11. The van der Waals surface area contributed by atoms with Crippen molar-refractivity contribution in [2.24, 2.45) is 0 Å². The van der Waals surface area contributed by atoms with Crippen LogP contribution in [0.25, 0.3) is 6.08 Å². The first kappa shape index (κ1) is 26.0. The average Bonchev–Trinajstić information content (AvgIpc) is 3.13. The molecule has 0 unspecified atom stereocenters. The van der Waals surface area contributed by atoms with Gasteiger partial charge in [0.05, 0.1) is 28.4 Å². The summed E-state index contributed by atoms with van der Waals surface area (Å²) in [7, 11) is 1.47. The van der Waals surface area contributed by atoms with Crippen LogP contribution in [0.2, 0.25) is 10.0 Å². The summed E-state index contributed by atoms with van der Waals surface area (Å²) < 4.78 is 24.6. The maximum absolute atomic E-state index is 13.3. The van der Waals surface area contributed by atoms with Gasteiger partial charge in [-0.2, -0.15) is 0 Å². The molecule has 36 heavy (non-hydrogen) atoms. The molecular formula is C25H17Cl2FN2O4S2. The Labute approximate surface area is 226 Å². The lowest BCUT2D eigenvalue weighted by Gasteiger charge is -2.14. The van der Waals surface area contributed by atoms with E-state index in [1.807, 2.05) is 0 Å². The van der Waals surface area contributed by atoms with Crippen LogP contribution in [-0.2, 0) is 9.59 Å². The molecule has 3 aromatic carbocycles. The molecule has 184 valence electrons. The van der Waals surface area contributed by atoms with Crippen LogP contribution in [0, 0.1) is 5.82 Å². The number of thiocarbonyl (C=S) groups is 1. The quantitative estimate of drug-likeness (QED) is 0.259. The summed E-state index contributed by atoms with van der Waals surface area (Å²) in [5.41, 5.74) is 1.56. The standard InChI is InChI=1S/C25H17Cl2FN2O4S2/c1-33-21-10-14(11-22-24(32)30(25(35)36-22)17-6-4-16(28)5-7-17)2-9-20(21)34-13-23(31)29-19-8-3-15(26)12-18(19)27/h2-12H,13H2,1H3,(H,29,31)/b22-11-. The van der Waals surface area contributed by atoms with Gasteiger partial charge in [-0.1, -0.05) is 53.2 Å². The zero-order valence-electron chi connectivity index (χ0n) is 18.6. The molecule has 2 amide bonds. The second-order valence-electron chi connectivity index (χ2n) is 7.36. The Balaban J connectivity index is 1.45. The van der Waals surface area contributed by atoms with E-state index < -0.39 is 11.7 Å². The number of halogens is 3. The molecule has 1 N–H and O–H groups in total. The van der Waals surface area contributed by atoms with E-state index in [2.05, 4.69) is 5.32 Å². The van der Waals surface area contributed by atoms with Gasteiger partial charge in [0.25, 0.3) is 11.8 Å². The number of methoxy groups -OCH3 is 1. The second kappa shape index (κ2) is 11.3. The maximum atomic E-state index is 13.3. The molecule has 0 saturated carbocycles. The molecule has 0 spiro atoms. The van der Waals surface area contributed by atoms with Gasteiger partial charge in [-0.05, 0) is 66.2 Å². The predicted octanol–water partition coefficient (Wildman–Crippen LogP) is 6.56. The molecule has 0 atom stereocenters. The number of carbonyl (C=O) groups is 2. The largest absolute Gasteiger partial charge is 0.493 e. The highest BCUT2D eigenvalue weighted by Gasteiger charge is 2.33. The molecular weight excluding hydrogens is 546 g/mol. The van der Waals surface area contributed by atoms with Crippen LogP contribution in [0.4, 0.5) is 15.8 Å². The molecule has 0 radical (unpaired) electrons. The molecule has 1 aliphatic rings. The predicted molar refractivity (Wildman–Crippen MR) is 146 cm³/mol. The fourth-order valence-electron chi connectivity index (χ4n) is 3.25. The third-order valence-electron chi connectivity index (χ3n) is 4.93. The topological polar surface area (TPSA) is 67.9 Å².